The van der Waals surface area contributed by atoms with Crippen LogP contribution in [0.15, 0.2) is 18.2 Å². The summed E-state index contributed by atoms with van der Waals surface area (Å²) in [6, 6.07) is 4.60. The molecule has 0 radical (unpaired) electrons. The Bertz CT molecular complexity index is 441. The lowest BCUT2D eigenvalue weighted by Gasteiger charge is -2.08. The van der Waals surface area contributed by atoms with Crippen LogP contribution in [0.3, 0.4) is 0 Å². The molecule has 1 aromatic rings. The molecule has 0 aliphatic rings. The molecule has 0 atom stereocenters. The van der Waals surface area contributed by atoms with E-state index in [1.807, 2.05) is 0 Å². The molecule has 1 amide bonds. The maximum Gasteiger partial charge on any atom is 0.254 e. The number of hydrogen-bond donors (Lipinski definition) is 1. The summed E-state index contributed by atoms with van der Waals surface area (Å²) in [5.74, 6) is -1.31. The van der Waals surface area contributed by atoms with Crippen LogP contribution >= 0.6 is 0 Å². The third-order valence-corrected chi connectivity index (χ3v) is 2.50. The van der Waals surface area contributed by atoms with Crippen LogP contribution in [-0.4, -0.2) is 18.2 Å². The molecular weight excluding hydrogens is 221 g/mol. The first-order valence-corrected chi connectivity index (χ1v) is 5.49. The van der Waals surface area contributed by atoms with Crippen molar-refractivity contribution in [3.63, 3.8) is 0 Å². The minimum atomic E-state index is -0.555. The fourth-order valence-corrected chi connectivity index (χ4v) is 1.29. The van der Waals surface area contributed by atoms with Gasteiger partial charge < -0.3 is 5.32 Å². The van der Waals surface area contributed by atoms with E-state index in [0.29, 0.717) is 5.56 Å². The van der Waals surface area contributed by atoms with E-state index in [-0.39, 0.29) is 23.8 Å². The minimum absolute atomic E-state index is 0.0263. The van der Waals surface area contributed by atoms with E-state index < -0.39 is 11.7 Å². The number of halogens is 1. The van der Waals surface area contributed by atoms with Crippen LogP contribution in [0, 0.1) is 18.7 Å². The van der Waals surface area contributed by atoms with Gasteiger partial charge in [-0.05, 0) is 18.6 Å². The zero-order valence-corrected chi connectivity index (χ0v) is 10.2. The lowest BCUT2D eigenvalue weighted by atomic mass is 10.1. The van der Waals surface area contributed by atoms with Gasteiger partial charge in [-0.3, -0.25) is 9.59 Å². The summed E-state index contributed by atoms with van der Waals surface area (Å²) in [4.78, 5) is 23.0. The maximum absolute atomic E-state index is 13.6. The number of hydrogen-bond acceptors (Lipinski definition) is 2. The monoisotopic (exact) mass is 237 g/mol. The lowest BCUT2D eigenvalue weighted by Crippen LogP contribution is -2.32. The second-order valence-corrected chi connectivity index (χ2v) is 4.24. The molecule has 17 heavy (non-hydrogen) atoms. The molecule has 92 valence electrons. The van der Waals surface area contributed by atoms with Crippen molar-refractivity contribution in [2.24, 2.45) is 5.92 Å². The first-order valence-electron chi connectivity index (χ1n) is 5.49. The van der Waals surface area contributed by atoms with Crippen molar-refractivity contribution in [3.05, 3.63) is 35.1 Å². The second-order valence-electron chi connectivity index (χ2n) is 4.24. The van der Waals surface area contributed by atoms with Crippen molar-refractivity contribution in [1.82, 2.24) is 5.32 Å². The Morgan fingerprint density at radius 3 is 2.59 bits per heavy atom. The molecule has 0 spiro atoms. The fraction of sp³-hybridized carbons (Fsp3) is 0.385. The van der Waals surface area contributed by atoms with Crippen LogP contribution in [0.4, 0.5) is 4.39 Å². The summed E-state index contributed by atoms with van der Waals surface area (Å²) in [6.45, 7) is 5.03. The van der Waals surface area contributed by atoms with Gasteiger partial charge in [-0.25, -0.2) is 4.39 Å². The molecule has 0 unspecified atom stereocenters. The van der Waals surface area contributed by atoms with Gasteiger partial charge in [-0.15, -0.1) is 0 Å². The molecule has 0 fully saturated rings. The largest absolute Gasteiger partial charge is 0.345 e. The standard InChI is InChI=1S/C13H16FNO2/c1-8(2)11(16)7-15-13(17)10-6-4-5-9(3)12(10)14/h4-6,8H,7H2,1-3H3,(H,15,17). The maximum atomic E-state index is 13.6. The van der Waals surface area contributed by atoms with Gasteiger partial charge in [0.2, 0.25) is 0 Å². The van der Waals surface area contributed by atoms with Gasteiger partial charge in [0, 0.05) is 5.92 Å². The molecule has 0 aromatic heterocycles. The average molecular weight is 237 g/mol. The lowest BCUT2D eigenvalue weighted by molar-refractivity contribution is -0.120. The number of Topliss-reactive ketones (excluding diaryl/α,β-unsaturated/α-hetero) is 1. The third-order valence-electron chi connectivity index (χ3n) is 2.50. The van der Waals surface area contributed by atoms with E-state index >= 15 is 0 Å². The molecule has 1 rings (SSSR count). The molecule has 1 N–H and O–H groups in total. The Morgan fingerprint density at radius 1 is 1.35 bits per heavy atom. The van der Waals surface area contributed by atoms with E-state index in [2.05, 4.69) is 5.32 Å². The van der Waals surface area contributed by atoms with Crippen molar-refractivity contribution in [2.75, 3.05) is 6.54 Å². The summed E-state index contributed by atoms with van der Waals surface area (Å²) in [5.41, 5.74) is 0.384. The Balaban J connectivity index is 2.71. The normalized spacial score (nSPS) is 10.4. The topological polar surface area (TPSA) is 46.2 Å². The Kier molecular flexibility index (Phi) is 4.37. The van der Waals surface area contributed by atoms with Gasteiger partial charge >= 0.3 is 0 Å². The van der Waals surface area contributed by atoms with E-state index in [9.17, 15) is 14.0 Å². The van der Waals surface area contributed by atoms with Crippen LogP contribution < -0.4 is 5.32 Å². The zero-order valence-electron chi connectivity index (χ0n) is 10.2. The molecule has 0 heterocycles. The van der Waals surface area contributed by atoms with Gasteiger partial charge in [0.05, 0.1) is 12.1 Å². The molecule has 0 saturated heterocycles. The number of ketones is 1. The first-order chi connectivity index (χ1) is 7.93. The van der Waals surface area contributed by atoms with Gasteiger partial charge in [0.25, 0.3) is 5.91 Å². The first kappa shape index (κ1) is 13.4. The number of nitrogens with one attached hydrogen (secondary N) is 1. The van der Waals surface area contributed by atoms with E-state index in [1.54, 1.807) is 32.9 Å². The number of benzene rings is 1. The van der Waals surface area contributed by atoms with Gasteiger partial charge in [0.1, 0.15) is 5.82 Å². The van der Waals surface area contributed by atoms with Crippen LogP contribution in [-0.2, 0) is 4.79 Å². The van der Waals surface area contributed by atoms with Crippen molar-refractivity contribution < 1.29 is 14.0 Å². The summed E-state index contributed by atoms with van der Waals surface area (Å²) >= 11 is 0. The molecule has 4 heteroatoms. The van der Waals surface area contributed by atoms with Crippen molar-refractivity contribution in [1.29, 1.82) is 0 Å². The van der Waals surface area contributed by atoms with Crippen molar-refractivity contribution >= 4 is 11.7 Å². The van der Waals surface area contributed by atoms with E-state index in [1.165, 1.54) is 6.07 Å². The smallest absolute Gasteiger partial charge is 0.254 e. The number of carbonyl (C=O) groups excluding carboxylic acids is 2. The third kappa shape index (κ3) is 3.37. The van der Waals surface area contributed by atoms with Crippen molar-refractivity contribution in [2.45, 2.75) is 20.8 Å². The molecule has 1 aromatic carbocycles. The predicted octanol–water partition coefficient (Wildman–Crippen LogP) is 2.09. The van der Waals surface area contributed by atoms with Crippen LogP contribution in [0.2, 0.25) is 0 Å². The second kappa shape index (κ2) is 5.57. The van der Waals surface area contributed by atoms with Crippen LogP contribution in [0.25, 0.3) is 0 Å². The average Bonchev–Trinajstić information content (AvgIpc) is 2.29. The molecule has 0 aliphatic carbocycles. The van der Waals surface area contributed by atoms with Crippen molar-refractivity contribution in [3.8, 4) is 0 Å². The number of amides is 1. The summed E-state index contributed by atoms with van der Waals surface area (Å²) < 4.78 is 13.6. The van der Waals surface area contributed by atoms with E-state index in [0.717, 1.165) is 0 Å². The van der Waals surface area contributed by atoms with Gasteiger partial charge in [0.15, 0.2) is 5.78 Å². The molecule has 0 bridgehead atoms. The van der Waals surface area contributed by atoms with Gasteiger partial charge in [-0.1, -0.05) is 26.0 Å². The molecular formula is C13H16FNO2. The molecule has 0 saturated carbocycles. The summed E-state index contributed by atoms with van der Waals surface area (Å²) in [6.07, 6.45) is 0. The highest BCUT2D eigenvalue weighted by Crippen LogP contribution is 2.11. The number of aryl methyl sites for hydroxylation is 1. The Hall–Kier alpha value is -1.71. The van der Waals surface area contributed by atoms with Crippen LogP contribution in [0.5, 0.6) is 0 Å². The highest BCUT2D eigenvalue weighted by Gasteiger charge is 2.14. The fourth-order valence-electron chi connectivity index (χ4n) is 1.29. The molecule has 3 nitrogen and oxygen atoms in total. The SMILES string of the molecule is Cc1cccc(C(=O)NCC(=O)C(C)C)c1F. The molecule has 0 aliphatic heterocycles. The Morgan fingerprint density at radius 2 is 2.00 bits per heavy atom. The summed E-state index contributed by atoms with van der Waals surface area (Å²) in [7, 11) is 0. The highest BCUT2D eigenvalue weighted by atomic mass is 19.1. The number of rotatable bonds is 4. The predicted molar refractivity (Wildman–Crippen MR) is 63.3 cm³/mol. The van der Waals surface area contributed by atoms with E-state index in [4.69, 9.17) is 0 Å². The number of carbonyl (C=O) groups is 2. The van der Waals surface area contributed by atoms with Crippen LogP contribution in [0.1, 0.15) is 29.8 Å². The van der Waals surface area contributed by atoms with Gasteiger partial charge in [-0.2, -0.15) is 0 Å². The quantitative estimate of drug-likeness (QED) is 0.871. The Labute approximate surface area is 100 Å². The summed E-state index contributed by atoms with van der Waals surface area (Å²) in [5, 5.41) is 2.42. The zero-order chi connectivity index (χ0) is 13.0. The highest BCUT2D eigenvalue weighted by molar-refractivity contribution is 5.97. The minimum Gasteiger partial charge on any atom is -0.345 e.